The molecule has 0 aromatic carbocycles. The van der Waals surface area contributed by atoms with Gasteiger partial charge in [0.25, 0.3) is 0 Å². The average Bonchev–Trinajstić information content (AvgIpc) is 1.98. The summed E-state index contributed by atoms with van der Waals surface area (Å²) in [6.45, 7) is 8.99. The summed E-state index contributed by atoms with van der Waals surface area (Å²) in [6.07, 6.45) is 1.29. The monoisotopic (exact) mass is 199 g/mol. The Morgan fingerprint density at radius 2 is 2.08 bits per heavy atom. The minimum atomic E-state index is 0.435. The fourth-order valence-electron chi connectivity index (χ4n) is 1.53. The van der Waals surface area contributed by atoms with Crippen molar-refractivity contribution < 1.29 is 0 Å². The maximum absolute atomic E-state index is 4.15. The van der Waals surface area contributed by atoms with E-state index < -0.39 is 0 Å². The van der Waals surface area contributed by atoms with Gasteiger partial charge in [-0.15, -0.1) is 11.8 Å². The molecule has 0 amide bonds. The number of hydrogen-bond acceptors (Lipinski definition) is 2. The molecule has 1 atom stereocenters. The van der Waals surface area contributed by atoms with Gasteiger partial charge in [-0.3, -0.25) is 4.99 Å². The molecule has 76 valence electrons. The lowest BCUT2D eigenvalue weighted by molar-refractivity contribution is 0.492. The first-order valence-electron chi connectivity index (χ1n) is 4.93. The zero-order valence-electron chi connectivity index (χ0n) is 9.85. The third-order valence-corrected chi connectivity index (χ3v) is 3.47. The normalized spacial score (nSPS) is 17.5. The topological polar surface area (TPSA) is 12.4 Å². The molecule has 0 spiro atoms. The Balaban J connectivity index is 3.88. The molecule has 0 aromatic heterocycles. The van der Waals surface area contributed by atoms with Gasteiger partial charge in [-0.1, -0.05) is 32.5 Å². The molecular formula is C10H22BNS. The van der Waals surface area contributed by atoms with Crippen LogP contribution >= 0.6 is 11.8 Å². The van der Waals surface area contributed by atoms with Gasteiger partial charge in [0.2, 0.25) is 0 Å². The van der Waals surface area contributed by atoms with Gasteiger partial charge in [0, 0.05) is 7.05 Å². The maximum atomic E-state index is 4.15. The first kappa shape index (κ1) is 13.1. The van der Waals surface area contributed by atoms with Crippen molar-refractivity contribution in [2.24, 2.45) is 10.9 Å². The summed E-state index contributed by atoms with van der Waals surface area (Å²) in [4.78, 5) is 4.15. The van der Waals surface area contributed by atoms with E-state index in [2.05, 4.69) is 40.5 Å². The summed E-state index contributed by atoms with van der Waals surface area (Å²) >= 11 is 1.88. The van der Waals surface area contributed by atoms with E-state index in [-0.39, 0.29) is 0 Å². The van der Waals surface area contributed by atoms with Crippen LogP contribution in [0, 0.1) is 5.92 Å². The smallest absolute Gasteiger partial charge is 0.110 e. The fourth-order valence-corrected chi connectivity index (χ4v) is 2.38. The van der Waals surface area contributed by atoms with Crippen molar-refractivity contribution in [3.8, 4) is 0 Å². The minimum Gasteiger partial charge on any atom is -0.287 e. The van der Waals surface area contributed by atoms with Crippen LogP contribution in [0.1, 0.15) is 34.1 Å². The summed E-state index contributed by atoms with van der Waals surface area (Å²) < 4.78 is 0. The molecular weight excluding hydrogens is 177 g/mol. The van der Waals surface area contributed by atoms with Gasteiger partial charge in [0.15, 0.2) is 0 Å². The summed E-state index contributed by atoms with van der Waals surface area (Å²) in [5.74, 6) is 1.96. The Morgan fingerprint density at radius 1 is 1.54 bits per heavy atom. The number of hydrogen-bond donors (Lipinski definition) is 0. The van der Waals surface area contributed by atoms with Crippen LogP contribution in [0.15, 0.2) is 4.99 Å². The highest BCUT2D eigenvalue weighted by atomic mass is 32.2. The van der Waals surface area contributed by atoms with E-state index in [0.29, 0.717) is 5.31 Å². The molecule has 13 heavy (non-hydrogen) atoms. The van der Waals surface area contributed by atoms with E-state index in [1.54, 1.807) is 0 Å². The molecule has 0 N–H and O–H groups in total. The number of thioether (sulfide) groups is 1. The van der Waals surface area contributed by atoms with Gasteiger partial charge < -0.3 is 0 Å². The Labute approximate surface area is 88.2 Å². The molecule has 1 unspecified atom stereocenters. The molecule has 0 heterocycles. The van der Waals surface area contributed by atoms with Crippen LogP contribution in [0.5, 0.6) is 0 Å². The van der Waals surface area contributed by atoms with Gasteiger partial charge in [0.05, 0.1) is 5.04 Å². The van der Waals surface area contributed by atoms with Gasteiger partial charge >= 0.3 is 0 Å². The minimum absolute atomic E-state index is 0.435. The summed E-state index contributed by atoms with van der Waals surface area (Å²) in [6, 6.07) is 0. The van der Waals surface area contributed by atoms with Gasteiger partial charge in [0.1, 0.15) is 7.85 Å². The largest absolute Gasteiger partial charge is 0.287 e. The van der Waals surface area contributed by atoms with Gasteiger partial charge in [-0.25, -0.2) is 0 Å². The van der Waals surface area contributed by atoms with E-state index in [9.17, 15) is 0 Å². The van der Waals surface area contributed by atoms with Crippen LogP contribution in [0.25, 0.3) is 0 Å². The standard InChI is InChI=1S/C10H22BNS/c1-8(2)6-10(4,11)7-13-9(3)12-5/h8H,6-7,11H2,1-5H3/b12-9+. The molecule has 0 aliphatic carbocycles. The molecule has 0 fully saturated rings. The zero-order chi connectivity index (χ0) is 10.5. The van der Waals surface area contributed by atoms with Gasteiger partial charge in [-0.05, 0) is 18.6 Å². The van der Waals surface area contributed by atoms with Crippen molar-refractivity contribution in [3.05, 3.63) is 0 Å². The Morgan fingerprint density at radius 3 is 2.46 bits per heavy atom. The van der Waals surface area contributed by atoms with Crippen LogP contribution in [-0.2, 0) is 0 Å². The Kier molecular flexibility index (Phi) is 5.78. The van der Waals surface area contributed by atoms with Crippen molar-refractivity contribution in [3.63, 3.8) is 0 Å². The summed E-state index contributed by atoms with van der Waals surface area (Å²) in [7, 11) is 4.20. The van der Waals surface area contributed by atoms with Crippen LogP contribution < -0.4 is 0 Å². The molecule has 1 nitrogen and oxygen atoms in total. The third kappa shape index (κ3) is 7.18. The lowest BCUT2D eigenvalue weighted by atomic mass is 9.67. The molecule has 0 saturated carbocycles. The van der Waals surface area contributed by atoms with Crippen LogP contribution in [0.3, 0.4) is 0 Å². The van der Waals surface area contributed by atoms with E-state index in [1.165, 1.54) is 17.2 Å². The van der Waals surface area contributed by atoms with E-state index in [4.69, 9.17) is 0 Å². The highest BCUT2D eigenvalue weighted by Gasteiger charge is 2.19. The molecule has 0 aromatic rings. The molecule has 0 bridgehead atoms. The summed E-state index contributed by atoms with van der Waals surface area (Å²) in [5, 5.41) is 1.63. The third-order valence-electron chi connectivity index (χ3n) is 1.95. The van der Waals surface area contributed by atoms with Crippen LogP contribution in [-0.4, -0.2) is 25.7 Å². The molecule has 0 rings (SSSR count). The second kappa shape index (κ2) is 5.74. The first-order chi connectivity index (χ1) is 5.87. The SMILES string of the molecule is BC(C)(CS/C(C)=N/C)CC(C)C. The van der Waals surface area contributed by atoms with Crippen LogP contribution in [0.2, 0.25) is 5.31 Å². The Bertz CT molecular complexity index is 176. The fraction of sp³-hybridized carbons (Fsp3) is 0.900. The molecule has 0 aliphatic heterocycles. The second-order valence-corrected chi connectivity index (χ2v) is 5.96. The predicted octanol–water partition coefficient (Wildman–Crippen LogP) is 2.63. The zero-order valence-corrected chi connectivity index (χ0v) is 10.7. The van der Waals surface area contributed by atoms with E-state index in [1.807, 2.05) is 18.8 Å². The van der Waals surface area contributed by atoms with Crippen molar-refractivity contribution >= 4 is 24.7 Å². The molecule has 0 saturated heterocycles. The predicted molar refractivity (Wildman–Crippen MR) is 67.9 cm³/mol. The first-order valence-corrected chi connectivity index (χ1v) is 5.92. The average molecular weight is 199 g/mol. The molecule has 3 heteroatoms. The lowest BCUT2D eigenvalue weighted by Gasteiger charge is -2.26. The van der Waals surface area contributed by atoms with E-state index >= 15 is 0 Å². The van der Waals surface area contributed by atoms with Gasteiger partial charge in [-0.2, -0.15) is 0 Å². The quantitative estimate of drug-likeness (QED) is 0.385. The van der Waals surface area contributed by atoms with Crippen molar-refractivity contribution in [2.75, 3.05) is 12.8 Å². The number of nitrogens with zero attached hydrogens (tertiary/aromatic N) is 1. The number of rotatable bonds is 4. The van der Waals surface area contributed by atoms with Crippen molar-refractivity contribution in [2.45, 2.75) is 39.4 Å². The second-order valence-electron chi connectivity index (χ2n) is 4.79. The highest BCUT2D eigenvalue weighted by molar-refractivity contribution is 8.13. The Hall–Kier alpha value is 0.0849. The highest BCUT2D eigenvalue weighted by Crippen LogP contribution is 2.33. The lowest BCUT2D eigenvalue weighted by Crippen LogP contribution is -2.15. The summed E-state index contributed by atoms with van der Waals surface area (Å²) in [5.41, 5.74) is 0. The maximum Gasteiger partial charge on any atom is 0.110 e. The van der Waals surface area contributed by atoms with Crippen molar-refractivity contribution in [1.29, 1.82) is 0 Å². The van der Waals surface area contributed by atoms with E-state index in [0.717, 1.165) is 5.92 Å². The van der Waals surface area contributed by atoms with Crippen molar-refractivity contribution in [1.82, 2.24) is 0 Å². The number of aliphatic imine (C=N–C) groups is 1. The molecule has 0 aliphatic rings. The molecule has 0 radical (unpaired) electrons. The van der Waals surface area contributed by atoms with Crippen LogP contribution in [0.4, 0.5) is 0 Å².